The van der Waals surface area contributed by atoms with Crippen molar-refractivity contribution in [3.05, 3.63) is 105 Å². The molecule has 0 aliphatic rings. The summed E-state index contributed by atoms with van der Waals surface area (Å²) in [5.41, 5.74) is 3.35. The van der Waals surface area contributed by atoms with Crippen molar-refractivity contribution in [2.45, 2.75) is 40.0 Å². The van der Waals surface area contributed by atoms with Gasteiger partial charge in [0.2, 0.25) is 0 Å². The van der Waals surface area contributed by atoms with Crippen molar-refractivity contribution in [2.24, 2.45) is 0 Å². The average molecular weight is 456 g/mol. The zero-order valence-electron chi connectivity index (χ0n) is 19.5. The van der Waals surface area contributed by atoms with Crippen LogP contribution in [-0.4, -0.2) is 16.7 Å². The molecule has 1 heterocycles. The van der Waals surface area contributed by atoms with Gasteiger partial charge in [-0.05, 0) is 56.0 Å². The van der Waals surface area contributed by atoms with E-state index in [1.807, 2.05) is 52.0 Å². The van der Waals surface area contributed by atoms with Crippen LogP contribution in [0.25, 0.3) is 11.1 Å². The van der Waals surface area contributed by atoms with E-state index in [0.717, 1.165) is 28.7 Å². The van der Waals surface area contributed by atoms with Crippen molar-refractivity contribution in [3.8, 4) is 5.75 Å². The smallest absolute Gasteiger partial charge is 0.359 e. The highest BCUT2D eigenvalue weighted by molar-refractivity contribution is 6.13. The standard InChI is InChI=1S/C28H25NO5/c1-5-19-10-12-20(13-11-19)25(30)23(24-28(32)33-22-9-7-6-8-21(22)29-24)27(31)34-26-17(3)14-16(2)15-18(26)4/h6-15,23H,5H2,1-4H3. The third-order valence-corrected chi connectivity index (χ3v) is 5.74. The number of aryl methyl sites for hydroxylation is 4. The molecule has 4 rings (SSSR count). The monoisotopic (exact) mass is 455 g/mol. The van der Waals surface area contributed by atoms with Crippen LogP contribution in [0.3, 0.4) is 0 Å². The van der Waals surface area contributed by atoms with Crippen LogP contribution in [0.1, 0.15) is 51.1 Å². The van der Waals surface area contributed by atoms with Crippen molar-refractivity contribution in [1.29, 1.82) is 0 Å². The number of esters is 1. The molecule has 1 unspecified atom stereocenters. The van der Waals surface area contributed by atoms with E-state index in [-0.39, 0.29) is 16.8 Å². The van der Waals surface area contributed by atoms with Crippen LogP contribution in [0.15, 0.2) is 69.9 Å². The summed E-state index contributed by atoms with van der Waals surface area (Å²) in [6.07, 6.45) is 0.807. The van der Waals surface area contributed by atoms with Gasteiger partial charge >= 0.3 is 11.6 Å². The predicted octanol–water partition coefficient (Wildman–Crippen LogP) is 5.25. The molecule has 0 amide bonds. The Bertz CT molecular complexity index is 1430. The van der Waals surface area contributed by atoms with Crippen LogP contribution in [0.4, 0.5) is 0 Å². The molecular formula is C28H25NO5. The lowest BCUT2D eigenvalue weighted by Crippen LogP contribution is -2.32. The maximum Gasteiger partial charge on any atom is 0.359 e. The van der Waals surface area contributed by atoms with Gasteiger partial charge in [0.05, 0.1) is 0 Å². The number of aromatic nitrogens is 1. The number of ketones is 1. The predicted molar refractivity (Wildman–Crippen MR) is 129 cm³/mol. The summed E-state index contributed by atoms with van der Waals surface area (Å²) in [5.74, 6) is -2.67. The zero-order valence-corrected chi connectivity index (χ0v) is 19.5. The SMILES string of the molecule is CCc1ccc(C(=O)C(C(=O)Oc2c(C)cc(C)cc2C)c2nc3ccccc3oc2=O)cc1. The van der Waals surface area contributed by atoms with E-state index in [0.29, 0.717) is 11.3 Å². The highest BCUT2D eigenvalue weighted by Crippen LogP contribution is 2.28. The molecule has 1 aromatic heterocycles. The normalized spacial score (nSPS) is 11.9. The summed E-state index contributed by atoms with van der Waals surface area (Å²) in [5, 5.41) is 0. The van der Waals surface area contributed by atoms with Gasteiger partial charge in [0.1, 0.15) is 17.0 Å². The number of hydrogen-bond acceptors (Lipinski definition) is 6. The fourth-order valence-corrected chi connectivity index (χ4v) is 4.05. The van der Waals surface area contributed by atoms with Gasteiger partial charge in [-0.1, -0.05) is 61.0 Å². The van der Waals surface area contributed by atoms with Crippen molar-refractivity contribution >= 4 is 22.9 Å². The molecule has 4 aromatic rings. The number of carbonyl (C=O) groups is 2. The van der Waals surface area contributed by atoms with E-state index in [4.69, 9.17) is 9.15 Å². The van der Waals surface area contributed by atoms with E-state index in [2.05, 4.69) is 4.98 Å². The topological polar surface area (TPSA) is 86.5 Å². The molecule has 0 spiro atoms. The largest absolute Gasteiger partial charge is 0.425 e. The summed E-state index contributed by atoms with van der Waals surface area (Å²) in [7, 11) is 0. The van der Waals surface area contributed by atoms with Crippen LogP contribution in [-0.2, 0) is 11.2 Å². The Balaban J connectivity index is 1.83. The number of rotatable bonds is 6. The number of nitrogens with zero attached hydrogens (tertiary/aromatic N) is 1. The fourth-order valence-electron chi connectivity index (χ4n) is 4.05. The van der Waals surface area contributed by atoms with E-state index < -0.39 is 23.3 Å². The molecule has 0 saturated carbocycles. The highest BCUT2D eigenvalue weighted by atomic mass is 16.5. The maximum atomic E-state index is 13.6. The quantitative estimate of drug-likeness (QED) is 0.171. The van der Waals surface area contributed by atoms with Crippen LogP contribution in [0.5, 0.6) is 5.75 Å². The lowest BCUT2D eigenvalue weighted by molar-refractivity contribution is -0.135. The molecule has 0 bridgehead atoms. The highest BCUT2D eigenvalue weighted by Gasteiger charge is 2.36. The third kappa shape index (κ3) is 4.53. The fraction of sp³-hybridized carbons (Fsp3) is 0.214. The summed E-state index contributed by atoms with van der Waals surface area (Å²) in [4.78, 5) is 44.2. The minimum absolute atomic E-state index is 0.272. The van der Waals surface area contributed by atoms with E-state index >= 15 is 0 Å². The molecule has 34 heavy (non-hydrogen) atoms. The van der Waals surface area contributed by atoms with Gasteiger partial charge in [0, 0.05) is 5.56 Å². The Hall–Kier alpha value is -4.06. The number of Topliss-reactive ketones (excluding diaryl/α,β-unsaturated/α-hetero) is 1. The van der Waals surface area contributed by atoms with Gasteiger partial charge in [0.25, 0.3) is 0 Å². The first-order valence-corrected chi connectivity index (χ1v) is 11.1. The summed E-state index contributed by atoms with van der Waals surface area (Å²) < 4.78 is 11.1. The molecule has 6 heteroatoms. The van der Waals surface area contributed by atoms with Crippen LogP contribution in [0, 0.1) is 20.8 Å². The first-order chi connectivity index (χ1) is 16.3. The van der Waals surface area contributed by atoms with Crippen LogP contribution >= 0.6 is 0 Å². The minimum atomic E-state index is -1.58. The Labute approximate surface area is 197 Å². The molecule has 1 atom stereocenters. The Morgan fingerprint density at radius 2 is 1.62 bits per heavy atom. The third-order valence-electron chi connectivity index (χ3n) is 5.74. The molecular weight excluding hydrogens is 430 g/mol. The molecule has 0 aliphatic heterocycles. The van der Waals surface area contributed by atoms with Crippen LogP contribution < -0.4 is 10.4 Å². The molecule has 6 nitrogen and oxygen atoms in total. The zero-order chi connectivity index (χ0) is 24.4. The van der Waals surface area contributed by atoms with Crippen LogP contribution in [0.2, 0.25) is 0 Å². The van der Waals surface area contributed by atoms with Gasteiger partial charge in [0.15, 0.2) is 17.3 Å². The van der Waals surface area contributed by atoms with Crippen molar-refractivity contribution in [1.82, 2.24) is 4.98 Å². The second-order valence-electron chi connectivity index (χ2n) is 8.35. The Morgan fingerprint density at radius 3 is 2.26 bits per heavy atom. The first kappa shape index (κ1) is 23.1. The molecule has 3 aromatic carbocycles. The van der Waals surface area contributed by atoms with Crippen molar-refractivity contribution in [2.75, 3.05) is 0 Å². The molecule has 172 valence electrons. The summed E-state index contributed by atoms with van der Waals surface area (Å²) in [6, 6.07) is 17.4. The minimum Gasteiger partial charge on any atom is -0.425 e. The maximum absolute atomic E-state index is 13.6. The van der Waals surface area contributed by atoms with Gasteiger partial charge in [-0.3, -0.25) is 9.59 Å². The molecule has 0 aliphatic carbocycles. The number of para-hydroxylation sites is 2. The van der Waals surface area contributed by atoms with E-state index in [1.165, 1.54) is 0 Å². The Kier molecular flexibility index (Phi) is 6.41. The van der Waals surface area contributed by atoms with E-state index in [1.54, 1.807) is 36.4 Å². The van der Waals surface area contributed by atoms with Gasteiger partial charge in [-0.25, -0.2) is 9.78 Å². The van der Waals surface area contributed by atoms with Gasteiger partial charge < -0.3 is 9.15 Å². The first-order valence-electron chi connectivity index (χ1n) is 11.1. The lowest BCUT2D eigenvalue weighted by atomic mass is 9.93. The van der Waals surface area contributed by atoms with Gasteiger partial charge in [-0.15, -0.1) is 0 Å². The lowest BCUT2D eigenvalue weighted by Gasteiger charge is -2.17. The number of fused-ring (bicyclic) bond motifs is 1. The molecule has 0 radical (unpaired) electrons. The average Bonchev–Trinajstić information content (AvgIpc) is 2.81. The van der Waals surface area contributed by atoms with Gasteiger partial charge in [-0.2, -0.15) is 0 Å². The Morgan fingerprint density at radius 1 is 0.971 bits per heavy atom. The number of ether oxygens (including phenoxy) is 1. The molecule has 0 fully saturated rings. The van der Waals surface area contributed by atoms with Crippen molar-refractivity contribution < 1.29 is 18.7 Å². The van der Waals surface area contributed by atoms with Crippen molar-refractivity contribution in [3.63, 3.8) is 0 Å². The number of carbonyl (C=O) groups excluding carboxylic acids is 2. The molecule has 0 N–H and O–H groups in total. The van der Waals surface area contributed by atoms with E-state index in [9.17, 15) is 14.4 Å². The second-order valence-corrected chi connectivity index (χ2v) is 8.35. The molecule has 0 saturated heterocycles. The second kappa shape index (κ2) is 9.43. The summed E-state index contributed by atoms with van der Waals surface area (Å²) >= 11 is 0. The number of benzene rings is 3. The number of hydrogen-bond donors (Lipinski definition) is 0. The summed E-state index contributed by atoms with van der Waals surface area (Å²) in [6.45, 7) is 7.60.